The number of rotatable bonds is 5. The molecule has 1 heterocycles. The van der Waals surface area contributed by atoms with E-state index in [1.54, 1.807) is 19.1 Å². The first-order valence-electron chi connectivity index (χ1n) is 7.93. The molecule has 0 radical (unpaired) electrons. The molecule has 7 nitrogen and oxygen atoms in total. The minimum absolute atomic E-state index is 0.0366. The summed E-state index contributed by atoms with van der Waals surface area (Å²) in [6.45, 7) is 1.71. The van der Waals surface area contributed by atoms with Crippen LogP contribution in [-0.2, 0) is 10.0 Å². The molecule has 10 heteroatoms. The van der Waals surface area contributed by atoms with Crippen molar-refractivity contribution in [1.82, 2.24) is 9.97 Å². The zero-order valence-electron chi connectivity index (χ0n) is 14.5. The van der Waals surface area contributed by atoms with Crippen LogP contribution >= 0.6 is 15.9 Å². The molecule has 0 spiro atoms. The number of amides is 1. The van der Waals surface area contributed by atoms with Crippen molar-refractivity contribution in [3.05, 3.63) is 76.3 Å². The maximum atomic E-state index is 13.9. The zero-order chi connectivity index (χ0) is 20.3. The van der Waals surface area contributed by atoms with E-state index in [4.69, 9.17) is 0 Å². The number of hydrogen-bond donors (Lipinski definition) is 2. The molecule has 3 rings (SSSR count). The fourth-order valence-electron chi connectivity index (χ4n) is 2.27. The van der Waals surface area contributed by atoms with Gasteiger partial charge in [0.2, 0.25) is 5.95 Å². The minimum atomic E-state index is -3.89. The summed E-state index contributed by atoms with van der Waals surface area (Å²) >= 11 is 3.12. The zero-order valence-corrected chi connectivity index (χ0v) is 16.9. The molecule has 144 valence electrons. The molecule has 3 aromatic rings. The Bertz CT molecular complexity index is 1140. The van der Waals surface area contributed by atoms with Crippen molar-refractivity contribution in [2.24, 2.45) is 0 Å². The van der Waals surface area contributed by atoms with E-state index in [1.165, 1.54) is 42.6 Å². The van der Waals surface area contributed by atoms with Crippen molar-refractivity contribution >= 4 is 43.5 Å². The van der Waals surface area contributed by atoms with Crippen molar-refractivity contribution in [1.29, 1.82) is 0 Å². The van der Waals surface area contributed by atoms with Crippen molar-refractivity contribution < 1.29 is 17.6 Å². The van der Waals surface area contributed by atoms with Crippen molar-refractivity contribution in [2.75, 3.05) is 10.0 Å². The van der Waals surface area contributed by atoms with E-state index in [0.29, 0.717) is 15.9 Å². The Balaban J connectivity index is 1.74. The van der Waals surface area contributed by atoms with E-state index >= 15 is 0 Å². The number of halogens is 2. The maximum Gasteiger partial charge on any atom is 0.264 e. The highest BCUT2D eigenvalue weighted by Crippen LogP contribution is 2.19. The highest BCUT2D eigenvalue weighted by Gasteiger charge is 2.17. The lowest BCUT2D eigenvalue weighted by molar-refractivity contribution is 0.102. The van der Waals surface area contributed by atoms with E-state index in [0.717, 1.165) is 0 Å². The van der Waals surface area contributed by atoms with Gasteiger partial charge >= 0.3 is 0 Å². The van der Waals surface area contributed by atoms with Gasteiger partial charge in [-0.25, -0.2) is 27.5 Å². The van der Waals surface area contributed by atoms with Crippen LogP contribution in [0.4, 0.5) is 16.0 Å². The Morgan fingerprint density at radius 1 is 1.11 bits per heavy atom. The van der Waals surface area contributed by atoms with Gasteiger partial charge in [-0.15, -0.1) is 0 Å². The summed E-state index contributed by atoms with van der Waals surface area (Å²) in [6.07, 6.45) is 1.44. The maximum absolute atomic E-state index is 13.9. The van der Waals surface area contributed by atoms with Gasteiger partial charge in [-0.05, 0) is 55.5 Å². The van der Waals surface area contributed by atoms with Crippen LogP contribution in [-0.4, -0.2) is 24.3 Å². The third-order valence-electron chi connectivity index (χ3n) is 3.62. The van der Waals surface area contributed by atoms with Crippen LogP contribution in [0.25, 0.3) is 0 Å². The predicted molar refractivity (Wildman–Crippen MR) is 106 cm³/mol. The molecular formula is C18H14BrFN4O3S. The standard InChI is InChI=1S/C18H14BrFN4O3S/c1-11-8-9-21-18(22-11)24-28(26,27)14-5-3-13(4-6-14)23-17(25)15-7-2-12(19)10-16(15)20/h2-10H,1H3,(H,23,25)(H,21,22,24). The van der Waals surface area contributed by atoms with Gasteiger partial charge in [-0.2, -0.15) is 0 Å². The Labute approximate surface area is 169 Å². The summed E-state index contributed by atoms with van der Waals surface area (Å²) in [5.74, 6) is -1.36. The average molecular weight is 465 g/mol. The molecule has 2 aromatic carbocycles. The smallest absolute Gasteiger partial charge is 0.264 e. The number of benzene rings is 2. The molecule has 0 fully saturated rings. The molecule has 0 atom stereocenters. The Morgan fingerprint density at radius 2 is 1.82 bits per heavy atom. The van der Waals surface area contributed by atoms with Gasteiger partial charge in [-0.3, -0.25) is 4.79 Å². The first kappa shape index (κ1) is 19.9. The lowest BCUT2D eigenvalue weighted by atomic mass is 10.2. The average Bonchev–Trinajstić information content (AvgIpc) is 2.61. The molecule has 2 N–H and O–H groups in total. The second-order valence-electron chi connectivity index (χ2n) is 5.73. The van der Waals surface area contributed by atoms with Gasteiger partial charge in [0.1, 0.15) is 5.82 Å². The van der Waals surface area contributed by atoms with Crippen LogP contribution in [0.1, 0.15) is 16.1 Å². The molecule has 1 amide bonds. The Hall–Kier alpha value is -2.85. The largest absolute Gasteiger partial charge is 0.322 e. The monoisotopic (exact) mass is 464 g/mol. The lowest BCUT2D eigenvalue weighted by Gasteiger charge is -2.09. The van der Waals surface area contributed by atoms with Crippen molar-refractivity contribution in [2.45, 2.75) is 11.8 Å². The Kier molecular flexibility index (Phi) is 5.71. The van der Waals surface area contributed by atoms with Crippen molar-refractivity contribution in [3.8, 4) is 0 Å². The summed E-state index contributed by atoms with van der Waals surface area (Å²) in [4.78, 5) is 20.0. The van der Waals surface area contributed by atoms with Gasteiger partial charge in [-0.1, -0.05) is 15.9 Å². The third-order valence-corrected chi connectivity index (χ3v) is 5.46. The van der Waals surface area contributed by atoms with Gasteiger partial charge < -0.3 is 5.32 Å². The summed E-state index contributed by atoms with van der Waals surface area (Å²) in [5.41, 5.74) is 0.808. The second-order valence-corrected chi connectivity index (χ2v) is 8.33. The molecule has 28 heavy (non-hydrogen) atoms. The number of aromatic nitrogens is 2. The number of carbonyl (C=O) groups excluding carboxylic acids is 1. The second kappa shape index (κ2) is 8.03. The van der Waals surface area contributed by atoms with E-state index in [2.05, 4.69) is 35.9 Å². The van der Waals surface area contributed by atoms with Crippen LogP contribution in [0, 0.1) is 12.7 Å². The van der Waals surface area contributed by atoms with Gasteiger partial charge in [0.05, 0.1) is 10.5 Å². The molecule has 0 bridgehead atoms. The Morgan fingerprint density at radius 3 is 2.46 bits per heavy atom. The normalized spacial score (nSPS) is 11.1. The number of aryl methyl sites for hydroxylation is 1. The summed E-state index contributed by atoms with van der Waals surface area (Å²) in [6, 6.07) is 11.2. The number of nitrogens with zero attached hydrogens (tertiary/aromatic N) is 2. The van der Waals surface area contributed by atoms with Crippen LogP contribution in [0.2, 0.25) is 0 Å². The molecule has 0 aliphatic carbocycles. The quantitative estimate of drug-likeness (QED) is 0.598. The summed E-state index contributed by atoms with van der Waals surface area (Å²) in [5, 5.41) is 2.52. The fraction of sp³-hybridized carbons (Fsp3) is 0.0556. The van der Waals surface area contributed by atoms with Crippen LogP contribution < -0.4 is 10.0 Å². The van der Waals surface area contributed by atoms with E-state index < -0.39 is 21.7 Å². The molecule has 0 saturated heterocycles. The number of carbonyl (C=O) groups is 1. The van der Waals surface area contributed by atoms with Crippen LogP contribution in [0.15, 0.2) is 64.1 Å². The summed E-state index contributed by atoms with van der Waals surface area (Å²) < 4.78 is 41.5. The SMILES string of the molecule is Cc1ccnc(NS(=O)(=O)c2ccc(NC(=O)c3ccc(Br)cc3F)cc2)n1. The predicted octanol–water partition coefficient (Wildman–Crippen LogP) is 3.74. The van der Waals surface area contributed by atoms with Gasteiger partial charge in [0.25, 0.3) is 15.9 Å². The molecule has 0 saturated carbocycles. The molecule has 0 unspecified atom stereocenters. The number of nitrogens with one attached hydrogen (secondary N) is 2. The number of hydrogen-bond acceptors (Lipinski definition) is 5. The third kappa shape index (κ3) is 4.70. The lowest BCUT2D eigenvalue weighted by Crippen LogP contribution is -2.16. The molecular weight excluding hydrogens is 451 g/mol. The highest BCUT2D eigenvalue weighted by atomic mass is 79.9. The van der Waals surface area contributed by atoms with E-state index in [9.17, 15) is 17.6 Å². The van der Waals surface area contributed by atoms with Crippen LogP contribution in [0.5, 0.6) is 0 Å². The first-order chi connectivity index (χ1) is 13.2. The highest BCUT2D eigenvalue weighted by molar-refractivity contribution is 9.10. The summed E-state index contributed by atoms with van der Waals surface area (Å²) in [7, 11) is -3.89. The molecule has 0 aliphatic rings. The van der Waals surface area contributed by atoms with Gasteiger partial charge in [0, 0.05) is 22.1 Å². The van der Waals surface area contributed by atoms with E-state index in [-0.39, 0.29) is 16.4 Å². The minimum Gasteiger partial charge on any atom is -0.322 e. The first-order valence-corrected chi connectivity index (χ1v) is 10.2. The number of anilines is 2. The number of sulfonamides is 1. The van der Waals surface area contributed by atoms with E-state index in [1.807, 2.05) is 0 Å². The van der Waals surface area contributed by atoms with Crippen LogP contribution in [0.3, 0.4) is 0 Å². The topological polar surface area (TPSA) is 101 Å². The van der Waals surface area contributed by atoms with Crippen molar-refractivity contribution in [3.63, 3.8) is 0 Å². The van der Waals surface area contributed by atoms with Gasteiger partial charge in [0.15, 0.2) is 0 Å². The molecule has 0 aliphatic heterocycles. The molecule has 1 aromatic heterocycles. The fourth-order valence-corrected chi connectivity index (χ4v) is 3.55.